The summed E-state index contributed by atoms with van der Waals surface area (Å²) in [7, 11) is 0. The summed E-state index contributed by atoms with van der Waals surface area (Å²) in [4.78, 5) is 15.6. The number of amides is 1. The molecule has 1 aromatic carbocycles. The molecule has 0 bridgehead atoms. The number of hydrogen-bond donors (Lipinski definition) is 1. The van der Waals surface area contributed by atoms with Gasteiger partial charge in [0.2, 0.25) is 5.91 Å². The maximum absolute atomic E-state index is 11.3. The van der Waals surface area contributed by atoms with Gasteiger partial charge in [-0.2, -0.15) is 0 Å². The van der Waals surface area contributed by atoms with Gasteiger partial charge in [-0.25, -0.2) is 0 Å². The summed E-state index contributed by atoms with van der Waals surface area (Å²) in [5, 5.41) is 0.836. The minimum atomic E-state index is -0.398. The average Bonchev–Trinajstić information content (AvgIpc) is 2.17. The molecule has 3 heteroatoms. The summed E-state index contributed by atoms with van der Waals surface area (Å²) in [6.45, 7) is 3.87. The fourth-order valence-electron chi connectivity index (χ4n) is 1.93. The molecule has 2 rings (SSSR count). The second kappa shape index (κ2) is 3.35. The number of hydrogen-bond acceptors (Lipinski definition) is 2. The molecule has 0 aliphatic rings. The van der Waals surface area contributed by atoms with Crippen LogP contribution >= 0.6 is 0 Å². The summed E-state index contributed by atoms with van der Waals surface area (Å²) < 4.78 is 0. The molecule has 1 heterocycles. The standard InChI is InChI=1S/C12H12N2O/c1-7-6-8(2)11-9(4-3-5-14-11)10(7)12(13)15/h3-6H,1-2H3,(H2,13,15). The molecule has 76 valence electrons. The first-order valence-corrected chi connectivity index (χ1v) is 4.76. The zero-order valence-electron chi connectivity index (χ0n) is 8.74. The molecule has 0 aliphatic carbocycles. The molecule has 1 amide bonds. The third-order valence-corrected chi connectivity index (χ3v) is 2.52. The third kappa shape index (κ3) is 1.46. The Morgan fingerprint density at radius 1 is 1.33 bits per heavy atom. The molecule has 0 radical (unpaired) electrons. The number of nitrogens with two attached hydrogens (primary N) is 1. The van der Waals surface area contributed by atoms with Crippen molar-refractivity contribution in [2.45, 2.75) is 13.8 Å². The Hall–Kier alpha value is -1.90. The van der Waals surface area contributed by atoms with Crippen molar-refractivity contribution in [3.63, 3.8) is 0 Å². The Labute approximate surface area is 87.9 Å². The monoisotopic (exact) mass is 200 g/mol. The van der Waals surface area contributed by atoms with E-state index in [2.05, 4.69) is 4.98 Å². The van der Waals surface area contributed by atoms with E-state index < -0.39 is 5.91 Å². The van der Waals surface area contributed by atoms with Gasteiger partial charge in [0.05, 0.1) is 11.1 Å². The van der Waals surface area contributed by atoms with E-state index in [0.717, 1.165) is 22.0 Å². The first-order chi connectivity index (χ1) is 7.11. The van der Waals surface area contributed by atoms with Crippen molar-refractivity contribution in [3.05, 3.63) is 41.1 Å². The number of nitrogens with zero attached hydrogens (tertiary/aromatic N) is 1. The van der Waals surface area contributed by atoms with E-state index in [0.29, 0.717) is 5.56 Å². The lowest BCUT2D eigenvalue weighted by molar-refractivity contribution is 0.100. The Kier molecular flexibility index (Phi) is 2.15. The molecular formula is C12H12N2O. The van der Waals surface area contributed by atoms with Crippen molar-refractivity contribution < 1.29 is 4.79 Å². The first-order valence-electron chi connectivity index (χ1n) is 4.76. The summed E-state index contributed by atoms with van der Waals surface area (Å²) >= 11 is 0. The van der Waals surface area contributed by atoms with Gasteiger partial charge in [0, 0.05) is 11.6 Å². The third-order valence-electron chi connectivity index (χ3n) is 2.52. The highest BCUT2D eigenvalue weighted by Gasteiger charge is 2.12. The van der Waals surface area contributed by atoms with Crippen LogP contribution in [-0.4, -0.2) is 10.9 Å². The van der Waals surface area contributed by atoms with E-state index in [9.17, 15) is 4.79 Å². The molecule has 0 fully saturated rings. The van der Waals surface area contributed by atoms with E-state index in [1.54, 1.807) is 6.20 Å². The highest BCUT2D eigenvalue weighted by atomic mass is 16.1. The highest BCUT2D eigenvalue weighted by Crippen LogP contribution is 2.23. The summed E-state index contributed by atoms with van der Waals surface area (Å²) in [6, 6.07) is 5.63. The van der Waals surface area contributed by atoms with Gasteiger partial charge >= 0.3 is 0 Å². The van der Waals surface area contributed by atoms with Crippen LogP contribution in [0.4, 0.5) is 0 Å². The molecule has 2 aromatic rings. The van der Waals surface area contributed by atoms with Crippen molar-refractivity contribution in [2.75, 3.05) is 0 Å². The summed E-state index contributed by atoms with van der Waals surface area (Å²) in [6.07, 6.45) is 1.72. The summed E-state index contributed by atoms with van der Waals surface area (Å²) in [5.41, 5.74) is 8.75. The van der Waals surface area contributed by atoms with E-state index in [1.165, 1.54) is 0 Å². The second-order valence-electron chi connectivity index (χ2n) is 3.65. The first kappa shape index (κ1) is 9.65. The van der Waals surface area contributed by atoms with Gasteiger partial charge in [0.25, 0.3) is 0 Å². The number of aryl methyl sites for hydroxylation is 2. The lowest BCUT2D eigenvalue weighted by Crippen LogP contribution is -2.13. The largest absolute Gasteiger partial charge is 0.366 e. The van der Waals surface area contributed by atoms with Crippen LogP contribution in [0.1, 0.15) is 21.5 Å². The number of pyridine rings is 1. The molecular weight excluding hydrogens is 188 g/mol. The number of fused-ring (bicyclic) bond motifs is 1. The molecule has 15 heavy (non-hydrogen) atoms. The summed E-state index contributed by atoms with van der Waals surface area (Å²) in [5.74, 6) is -0.398. The lowest BCUT2D eigenvalue weighted by Gasteiger charge is -2.08. The fourth-order valence-corrected chi connectivity index (χ4v) is 1.93. The molecule has 0 aliphatic heterocycles. The van der Waals surface area contributed by atoms with E-state index >= 15 is 0 Å². The predicted molar refractivity (Wildman–Crippen MR) is 59.7 cm³/mol. The van der Waals surface area contributed by atoms with Gasteiger partial charge in [-0.3, -0.25) is 9.78 Å². The Morgan fingerprint density at radius 3 is 2.73 bits per heavy atom. The van der Waals surface area contributed by atoms with Gasteiger partial charge in [0.1, 0.15) is 0 Å². The molecule has 2 N–H and O–H groups in total. The maximum atomic E-state index is 11.3. The van der Waals surface area contributed by atoms with E-state index in [1.807, 2.05) is 32.0 Å². The van der Waals surface area contributed by atoms with Crippen molar-refractivity contribution in [2.24, 2.45) is 5.73 Å². The fraction of sp³-hybridized carbons (Fsp3) is 0.167. The smallest absolute Gasteiger partial charge is 0.249 e. The predicted octanol–water partition coefficient (Wildman–Crippen LogP) is 1.95. The minimum Gasteiger partial charge on any atom is -0.366 e. The Morgan fingerprint density at radius 2 is 2.07 bits per heavy atom. The number of rotatable bonds is 1. The highest BCUT2D eigenvalue weighted by molar-refractivity contribution is 6.07. The SMILES string of the molecule is Cc1cc(C)c2ncccc2c1C(N)=O. The zero-order chi connectivity index (χ0) is 11.0. The van der Waals surface area contributed by atoms with Gasteiger partial charge in [-0.15, -0.1) is 0 Å². The van der Waals surface area contributed by atoms with Gasteiger partial charge in [-0.1, -0.05) is 12.1 Å². The van der Waals surface area contributed by atoms with Crippen molar-refractivity contribution in [3.8, 4) is 0 Å². The Bertz CT molecular complexity index is 547. The van der Waals surface area contributed by atoms with Crippen LogP contribution in [0.5, 0.6) is 0 Å². The molecule has 0 saturated heterocycles. The van der Waals surface area contributed by atoms with Crippen LogP contribution in [0.3, 0.4) is 0 Å². The van der Waals surface area contributed by atoms with Crippen LogP contribution < -0.4 is 5.73 Å². The van der Waals surface area contributed by atoms with Crippen LogP contribution in [0.25, 0.3) is 10.9 Å². The van der Waals surface area contributed by atoms with Gasteiger partial charge < -0.3 is 5.73 Å². The van der Waals surface area contributed by atoms with Crippen LogP contribution in [0.2, 0.25) is 0 Å². The number of carbonyl (C=O) groups is 1. The Balaban J connectivity index is 2.96. The molecule has 3 nitrogen and oxygen atoms in total. The number of carbonyl (C=O) groups excluding carboxylic acids is 1. The normalized spacial score (nSPS) is 10.5. The molecule has 0 spiro atoms. The number of benzene rings is 1. The minimum absolute atomic E-state index is 0.398. The number of aromatic nitrogens is 1. The second-order valence-corrected chi connectivity index (χ2v) is 3.65. The molecule has 0 saturated carbocycles. The van der Waals surface area contributed by atoms with Crippen molar-refractivity contribution in [1.29, 1.82) is 0 Å². The molecule has 0 atom stereocenters. The van der Waals surface area contributed by atoms with Gasteiger partial charge in [-0.05, 0) is 31.0 Å². The zero-order valence-corrected chi connectivity index (χ0v) is 8.74. The lowest BCUT2D eigenvalue weighted by atomic mass is 9.99. The molecule has 1 aromatic heterocycles. The quantitative estimate of drug-likeness (QED) is 0.764. The maximum Gasteiger partial charge on any atom is 0.249 e. The van der Waals surface area contributed by atoms with Gasteiger partial charge in [0.15, 0.2) is 0 Å². The van der Waals surface area contributed by atoms with Crippen LogP contribution in [0, 0.1) is 13.8 Å². The number of primary amides is 1. The van der Waals surface area contributed by atoms with E-state index in [4.69, 9.17) is 5.73 Å². The average molecular weight is 200 g/mol. The van der Waals surface area contributed by atoms with Crippen LogP contribution in [0.15, 0.2) is 24.4 Å². The molecule has 0 unspecified atom stereocenters. The van der Waals surface area contributed by atoms with E-state index in [-0.39, 0.29) is 0 Å². The van der Waals surface area contributed by atoms with Crippen molar-refractivity contribution in [1.82, 2.24) is 4.98 Å². The van der Waals surface area contributed by atoms with Crippen molar-refractivity contribution >= 4 is 16.8 Å². The van der Waals surface area contributed by atoms with Crippen LogP contribution in [-0.2, 0) is 0 Å². The topological polar surface area (TPSA) is 56.0 Å².